The Morgan fingerprint density at radius 1 is 1.10 bits per heavy atom. The minimum Gasteiger partial charge on any atom is -0.493 e. The Kier molecular flexibility index (Phi) is 6.61. The summed E-state index contributed by atoms with van der Waals surface area (Å²) in [5, 5.41) is 0. The molecule has 158 valence electrons. The summed E-state index contributed by atoms with van der Waals surface area (Å²) in [7, 11) is 3.78. The molecule has 1 saturated heterocycles. The van der Waals surface area contributed by atoms with Gasteiger partial charge in [0.1, 0.15) is 17.6 Å². The molecule has 1 aromatic heterocycles. The molecule has 2 N–H and O–H groups in total. The molecule has 2 heterocycles. The summed E-state index contributed by atoms with van der Waals surface area (Å²) in [5.74, 6) is 2.19. The molecule has 0 unspecified atom stereocenters. The molecule has 0 atom stereocenters. The Morgan fingerprint density at radius 3 is 2.38 bits per heavy atom. The number of rotatable bonds is 7. The molecule has 0 radical (unpaired) electrons. The fourth-order valence-electron chi connectivity index (χ4n) is 3.40. The number of ether oxygens (including phenoxy) is 2. The highest BCUT2D eigenvalue weighted by Crippen LogP contribution is 2.28. The largest absolute Gasteiger partial charge is 0.493 e. The third-order valence-electron chi connectivity index (χ3n) is 5.26. The van der Waals surface area contributed by atoms with Crippen LogP contribution in [0.4, 0.5) is 5.82 Å². The summed E-state index contributed by atoms with van der Waals surface area (Å²) < 4.78 is 37.9. The van der Waals surface area contributed by atoms with Crippen LogP contribution in [-0.4, -0.2) is 67.2 Å². The van der Waals surface area contributed by atoms with Crippen molar-refractivity contribution in [1.82, 2.24) is 4.31 Å². The molecule has 1 aromatic carbocycles. The number of hydrogen-bond donors (Lipinski definition) is 1. The van der Waals surface area contributed by atoms with Gasteiger partial charge < -0.3 is 14.4 Å². The number of H-pyrrole nitrogens is 1. The van der Waals surface area contributed by atoms with Crippen LogP contribution >= 0.6 is 0 Å². The number of sulfonamides is 1. The minimum atomic E-state index is -3.46. The molecule has 1 aliphatic heterocycles. The predicted octanol–water partition coefficient (Wildman–Crippen LogP) is -0.327. The number of nitrogens with zero attached hydrogens (tertiary/aromatic N) is 2. The van der Waals surface area contributed by atoms with Gasteiger partial charge >= 0.3 is 0 Å². The minimum absolute atomic E-state index is 0.292. The molecule has 2 aromatic rings. The fraction of sp³-hybridized carbons (Fsp3) is 0.450. The van der Waals surface area contributed by atoms with E-state index in [4.69, 9.17) is 9.47 Å². The van der Waals surface area contributed by atoms with Gasteiger partial charge in [-0.2, -0.15) is 4.31 Å². The van der Waals surface area contributed by atoms with Gasteiger partial charge in [0.05, 0.1) is 54.5 Å². The van der Waals surface area contributed by atoms with Gasteiger partial charge in [-0.25, -0.2) is 13.4 Å². The summed E-state index contributed by atoms with van der Waals surface area (Å²) in [6.07, 6.45) is 1.57. The quantitative estimate of drug-likeness (QED) is 0.662. The number of quaternary nitrogens is 1. The molecule has 0 amide bonds. The second-order valence-corrected chi connectivity index (χ2v) is 9.25. The number of aromatic nitrogens is 1. The van der Waals surface area contributed by atoms with Crippen LogP contribution in [0.2, 0.25) is 0 Å². The van der Waals surface area contributed by atoms with E-state index >= 15 is 0 Å². The van der Waals surface area contributed by atoms with Gasteiger partial charge in [0.2, 0.25) is 10.0 Å². The van der Waals surface area contributed by atoms with E-state index in [9.17, 15) is 8.42 Å². The van der Waals surface area contributed by atoms with E-state index in [0.29, 0.717) is 36.0 Å². The van der Waals surface area contributed by atoms with E-state index < -0.39 is 10.0 Å². The molecule has 9 heteroatoms. The number of nitrogens with one attached hydrogen (secondary N) is 2. The molecular weight excluding hydrogens is 392 g/mol. The van der Waals surface area contributed by atoms with Crippen molar-refractivity contribution in [2.45, 2.75) is 11.4 Å². The van der Waals surface area contributed by atoms with Crippen molar-refractivity contribution in [3.05, 3.63) is 42.1 Å². The lowest BCUT2D eigenvalue weighted by molar-refractivity contribution is -0.883. The van der Waals surface area contributed by atoms with E-state index in [1.165, 1.54) is 4.90 Å². The molecule has 29 heavy (non-hydrogen) atoms. The first-order valence-corrected chi connectivity index (χ1v) is 11.0. The van der Waals surface area contributed by atoms with Gasteiger partial charge in [-0.1, -0.05) is 6.07 Å². The van der Waals surface area contributed by atoms with Crippen LogP contribution in [-0.2, 0) is 16.6 Å². The smallest absolute Gasteiger partial charge is 0.274 e. The number of piperazine rings is 1. The van der Waals surface area contributed by atoms with Crippen molar-refractivity contribution in [2.24, 2.45) is 0 Å². The first kappa shape index (κ1) is 21.4. The average molecular weight is 423 g/mol. The first-order valence-electron chi connectivity index (χ1n) is 9.60. The zero-order valence-corrected chi connectivity index (χ0v) is 18.3. The van der Waals surface area contributed by atoms with Gasteiger partial charge in [-0.15, -0.1) is 0 Å². The number of benzene rings is 1. The highest BCUT2D eigenvalue weighted by molar-refractivity contribution is 7.89. The third kappa shape index (κ3) is 4.80. The summed E-state index contributed by atoms with van der Waals surface area (Å²) in [5.41, 5.74) is 1.05. The number of likely N-dealkylation sites (N-methyl/N-ethyl adjacent to an activating group) is 1. The van der Waals surface area contributed by atoms with Crippen molar-refractivity contribution in [3.63, 3.8) is 0 Å². The molecule has 1 aliphatic rings. The lowest BCUT2D eigenvalue weighted by atomic mass is 10.2. The van der Waals surface area contributed by atoms with Crippen LogP contribution in [0.25, 0.3) is 0 Å². The van der Waals surface area contributed by atoms with Gasteiger partial charge in [-0.3, -0.25) is 4.90 Å². The van der Waals surface area contributed by atoms with Crippen LogP contribution in [0.15, 0.2) is 41.4 Å². The van der Waals surface area contributed by atoms with Crippen LogP contribution < -0.4 is 24.3 Å². The number of methoxy groups -OCH3 is 2. The van der Waals surface area contributed by atoms with E-state index in [-0.39, 0.29) is 0 Å². The van der Waals surface area contributed by atoms with E-state index in [1.54, 1.807) is 36.9 Å². The second-order valence-electron chi connectivity index (χ2n) is 7.32. The van der Waals surface area contributed by atoms with E-state index in [2.05, 4.69) is 12.0 Å². The van der Waals surface area contributed by atoms with Gasteiger partial charge in [0.15, 0.2) is 11.5 Å². The fourth-order valence-corrected chi connectivity index (χ4v) is 4.80. The van der Waals surface area contributed by atoms with Crippen LogP contribution in [0, 0.1) is 0 Å². The van der Waals surface area contributed by atoms with Crippen LogP contribution in [0.1, 0.15) is 5.56 Å². The topological polar surface area (TPSA) is 77.7 Å². The summed E-state index contributed by atoms with van der Waals surface area (Å²) in [6, 6.07) is 9.25. The maximum absolute atomic E-state index is 12.9. The average Bonchev–Trinajstić information content (AvgIpc) is 2.74. The Labute approximate surface area is 172 Å². The molecule has 1 fully saturated rings. The molecule has 8 nitrogen and oxygen atoms in total. The molecule has 3 rings (SSSR count). The van der Waals surface area contributed by atoms with Crippen molar-refractivity contribution < 1.29 is 27.8 Å². The van der Waals surface area contributed by atoms with Crippen LogP contribution in [0.5, 0.6) is 11.5 Å². The highest BCUT2D eigenvalue weighted by Gasteiger charge is 2.30. The lowest BCUT2D eigenvalue weighted by Gasteiger charge is -2.29. The zero-order chi connectivity index (χ0) is 21.0. The van der Waals surface area contributed by atoms with E-state index in [1.807, 2.05) is 30.1 Å². The van der Waals surface area contributed by atoms with Crippen molar-refractivity contribution >= 4 is 15.8 Å². The summed E-state index contributed by atoms with van der Waals surface area (Å²) >= 11 is 0. The van der Waals surface area contributed by atoms with Crippen molar-refractivity contribution in [1.29, 1.82) is 0 Å². The number of pyridine rings is 1. The Balaban J connectivity index is 1.71. The molecule has 0 bridgehead atoms. The number of hydrogen-bond acceptors (Lipinski definition) is 5. The first-order chi connectivity index (χ1) is 13.8. The lowest BCUT2D eigenvalue weighted by Crippen LogP contribution is -3.12. The zero-order valence-electron chi connectivity index (χ0n) is 17.4. The Morgan fingerprint density at radius 2 is 1.79 bits per heavy atom. The van der Waals surface area contributed by atoms with Crippen LogP contribution in [0.3, 0.4) is 0 Å². The standard InChI is InChI=1S/C20H28N4O4S/c1-22-9-11-24(12-10-22)29(25,26)17-6-8-20(21-14-17)23(2)15-16-5-7-18(27-3)19(13-16)28-4/h5-8,13-14H,9-12,15H2,1-4H3/p+2. The highest BCUT2D eigenvalue weighted by atomic mass is 32.2. The van der Waals surface area contributed by atoms with Gasteiger partial charge in [-0.05, 0) is 23.8 Å². The monoisotopic (exact) mass is 422 g/mol. The number of anilines is 1. The van der Waals surface area contributed by atoms with E-state index in [0.717, 1.165) is 24.5 Å². The van der Waals surface area contributed by atoms with Gasteiger partial charge in [0.25, 0.3) is 5.82 Å². The molecule has 0 aliphatic carbocycles. The van der Waals surface area contributed by atoms with Crippen molar-refractivity contribution in [3.8, 4) is 11.5 Å². The maximum atomic E-state index is 12.9. The third-order valence-corrected chi connectivity index (χ3v) is 7.16. The predicted molar refractivity (Wildman–Crippen MR) is 110 cm³/mol. The molecule has 0 saturated carbocycles. The normalized spacial score (nSPS) is 15.9. The maximum Gasteiger partial charge on any atom is 0.274 e. The molecule has 0 spiro atoms. The SMILES string of the molecule is COc1ccc(CN(C)c2ccc(S(=O)(=O)N3CC[NH+](C)CC3)c[nH+]2)cc1OC. The molecular formula is C20H30N4O4S+2. The Bertz CT molecular complexity index is 926. The van der Waals surface area contributed by atoms with Gasteiger partial charge in [0, 0.05) is 6.07 Å². The summed E-state index contributed by atoms with van der Waals surface area (Å²) in [6.45, 7) is 3.39. The second kappa shape index (κ2) is 8.98. The van der Waals surface area contributed by atoms with Crippen molar-refractivity contribution in [2.75, 3.05) is 59.4 Å². The Hall–Kier alpha value is -2.36. The summed E-state index contributed by atoms with van der Waals surface area (Å²) in [4.78, 5) is 6.78. The number of aromatic amines is 1.